The Kier molecular flexibility index (Phi) is 17.2. The van der Waals surface area contributed by atoms with Crippen molar-refractivity contribution in [1.82, 2.24) is 0 Å². The van der Waals surface area contributed by atoms with Crippen LogP contribution in [0.2, 0.25) is 0 Å². The van der Waals surface area contributed by atoms with Crippen molar-refractivity contribution < 1.29 is 36.0 Å². The van der Waals surface area contributed by atoms with Gasteiger partial charge in [0.15, 0.2) is 0 Å². The summed E-state index contributed by atoms with van der Waals surface area (Å²) in [7, 11) is 0. The standard InChI is InChI=1S/C33H36NO2.2C7H7.Zr/c1-23(2)26-16-10-17-27(24(3)4)32(26)34-21-12-22-36-31-20-9-8-15-29(31)30-19-11-18-28(33(30)35)25-13-6-5-7-14-25;2*1-7-5-3-2-4-6-7;/h5-11,13-20,23-24,35H,12,21-22H2,1-4H3;2*2-6H,1H2;/q3*-1;+3. The molecule has 0 unspecified atom stereocenters. The molecule has 0 aliphatic carbocycles. The van der Waals surface area contributed by atoms with Gasteiger partial charge in [0.1, 0.15) is 11.5 Å². The van der Waals surface area contributed by atoms with Crippen LogP contribution in [0.5, 0.6) is 11.5 Å². The van der Waals surface area contributed by atoms with Gasteiger partial charge in [0.2, 0.25) is 0 Å². The summed E-state index contributed by atoms with van der Waals surface area (Å²) in [5, 5.41) is 16.1. The molecule has 0 saturated heterocycles. The normalized spacial score (nSPS) is 10.2. The first-order chi connectivity index (χ1) is 24.3. The first-order valence-corrected chi connectivity index (χ1v) is 17.4. The molecule has 6 aromatic rings. The van der Waals surface area contributed by atoms with Gasteiger partial charge in [-0.2, -0.15) is 49.2 Å². The summed E-state index contributed by atoms with van der Waals surface area (Å²) in [5.74, 6) is 1.90. The summed E-state index contributed by atoms with van der Waals surface area (Å²) in [6, 6.07) is 50.0. The summed E-state index contributed by atoms with van der Waals surface area (Å²) < 4.78 is 6.21. The summed E-state index contributed by atoms with van der Waals surface area (Å²) in [6.07, 6.45) is 0.814. The molecule has 0 aliphatic heterocycles. The van der Waals surface area contributed by atoms with Gasteiger partial charge in [-0.1, -0.05) is 136 Å². The van der Waals surface area contributed by atoms with Crippen molar-refractivity contribution in [2.75, 3.05) is 13.2 Å². The molecule has 6 aromatic carbocycles. The van der Waals surface area contributed by atoms with Crippen molar-refractivity contribution in [2.24, 2.45) is 0 Å². The fraction of sp³-hybridized carbons (Fsp3) is 0.191. The molecule has 0 amide bonds. The molecule has 0 aromatic heterocycles. The van der Waals surface area contributed by atoms with Crippen molar-refractivity contribution >= 4 is 5.69 Å². The summed E-state index contributed by atoms with van der Waals surface area (Å²) >= 11 is 0. The molecule has 0 saturated carbocycles. The van der Waals surface area contributed by atoms with Crippen molar-refractivity contribution in [3.8, 4) is 33.8 Å². The van der Waals surface area contributed by atoms with Crippen molar-refractivity contribution in [1.29, 1.82) is 0 Å². The van der Waals surface area contributed by atoms with E-state index in [1.165, 1.54) is 11.1 Å². The molecule has 0 atom stereocenters. The number of rotatable bonds is 10. The van der Waals surface area contributed by atoms with Crippen LogP contribution in [0.25, 0.3) is 27.6 Å². The zero-order chi connectivity index (χ0) is 35.7. The van der Waals surface area contributed by atoms with Crippen LogP contribution in [0.3, 0.4) is 0 Å². The van der Waals surface area contributed by atoms with Gasteiger partial charge in [-0.15, -0.1) is 36.5 Å². The molecular weight excluding hydrogens is 702 g/mol. The molecule has 0 aliphatic rings. The van der Waals surface area contributed by atoms with E-state index in [1.54, 1.807) is 0 Å². The van der Waals surface area contributed by atoms with Gasteiger partial charge in [-0.05, 0) is 29.9 Å². The first-order valence-electron chi connectivity index (χ1n) is 17.4. The molecule has 0 fully saturated rings. The number of para-hydroxylation sites is 3. The summed E-state index contributed by atoms with van der Waals surface area (Å²) in [5.41, 5.74) is 9.35. The number of hydrogen-bond acceptors (Lipinski definition) is 2. The van der Waals surface area contributed by atoms with E-state index >= 15 is 0 Å². The number of benzene rings is 6. The van der Waals surface area contributed by atoms with Gasteiger partial charge < -0.3 is 15.2 Å². The number of ether oxygens (including phenoxy) is 1. The fourth-order valence-corrected chi connectivity index (χ4v) is 5.51. The number of nitrogens with zero attached hydrogens (tertiary/aromatic N) is 1. The van der Waals surface area contributed by atoms with Crippen molar-refractivity contribution in [2.45, 2.75) is 46.0 Å². The van der Waals surface area contributed by atoms with E-state index in [0.29, 0.717) is 25.0 Å². The van der Waals surface area contributed by atoms with Crippen LogP contribution in [-0.2, 0) is 26.2 Å². The second kappa shape index (κ2) is 21.5. The third-order valence-electron chi connectivity index (χ3n) is 8.16. The van der Waals surface area contributed by atoms with E-state index in [-0.39, 0.29) is 32.0 Å². The van der Waals surface area contributed by atoms with Crippen LogP contribution in [0.4, 0.5) is 5.69 Å². The molecule has 6 rings (SSSR count). The molecule has 0 bridgehead atoms. The minimum absolute atomic E-state index is 0. The summed E-state index contributed by atoms with van der Waals surface area (Å²) in [6.45, 7) is 17.6. The molecule has 0 spiro atoms. The van der Waals surface area contributed by atoms with Crippen LogP contribution in [0, 0.1) is 13.8 Å². The molecule has 0 heterocycles. The Morgan fingerprint density at radius 1 is 0.549 bits per heavy atom. The van der Waals surface area contributed by atoms with Crippen molar-refractivity contribution in [3.05, 3.63) is 193 Å². The Morgan fingerprint density at radius 3 is 1.51 bits per heavy atom. The van der Waals surface area contributed by atoms with Gasteiger partial charge in [0.25, 0.3) is 0 Å². The van der Waals surface area contributed by atoms with Crippen molar-refractivity contribution in [3.63, 3.8) is 0 Å². The number of phenols is 1. The van der Waals surface area contributed by atoms with E-state index < -0.39 is 0 Å². The predicted molar refractivity (Wildman–Crippen MR) is 213 cm³/mol. The monoisotopic (exact) mass is 750 g/mol. The first kappa shape index (κ1) is 40.8. The Bertz CT molecular complexity index is 1790. The smallest absolute Gasteiger partial charge is 0.684 e. The Balaban J connectivity index is 0.000000387. The van der Waals surface area contributed by atoms with Gasteiger partial charge in [-0.25, -0.2) is 0 Å². The Morgan fingerprint density at radius 2 is 1.00 bits per heavy atom. The molecular formula is C47H50NO2Zr. The number of phenolic OH excluding ortho intramolecular Hbond substituents is 1. The van der Waals surface area contributed by atoms with E-state index in [1.807, 2.05) is 133 Å². The Hall–Kier alpha value is -4.66. The number of hydrogen-bond donors (Lipinski definition) is 1. The SMILES string of the molecule is CC(C)c1cccc(C(C)C)c1[N-]CCCOc1ccccc1-c1cccc(-c2ccccc2)c1O.[CH2-]c1ccccc1.[CH2-]c1ccccc1.[Zr+3]. The van der Waals surface area contributed by atoms with Gasteiger partial charge in [0, 0.05) is 16.7 Å². The zero-order valence-corrected chi connectivity index (χ0v) is 32.9. The molecule has 259 valence electrons. The maximum absolute atomic E-state index is 11.1. The average Bonchev–Trinajstić information content (AvgIpc) is 3.13. The largest absolute Gasteiger partial charge is 3.00 e. The quantitative estimate of drug-likeness (QED) is 0.112. The maximum Gasteiger partial charge on any atom is 3.00 e. The van der Waals surface area contributed by atoms with E-state index in [9.17, 15) is 5.11 Å². The Labute approximate surface area is 325 Å². The van der Waals surface area contributed by atoms with Gasteiger partial charge in [-0.3, -0.25) is 0 Å². The third-order valence-corrected chi connectivity index (χ3v) is 8.16. The fourth-order valence-electron chi connectivity index (χ4n) is 5.51. The van der Waals surface area contributed by atoms with Crippen LogP contribution in [0.1, 0.15) is 68.2 Å². The number of aromatic hydroxyl groups is 1. The van der Waals surface area contributed by atoms with E-state index in [2.05, 4.69) is 59.7 Å². The van der Waals surface area contributed by atoms with Crippen LogP contribution in [0.15, 0.2) is 152 Å². The minimum Gasteiger partial charge on any atom is -0.684 e. The van der Waals surface area contributed by atoms with E-state index in [4.69, 9.17) is 10.1 Å². The van der Waals surface area contributed by atoms with E-state index in [0.717, 1.165) is 51.2 Å². The van der Waals surface area contributed by atoms with Crippen LogP contribution >= 0.6 is 0 Å². The second-order valence-corrected chi connectivity index (χ2v) is 12.7. The molecule has 1 radical (unpaired) electrons. The maximum atomic E-state index is 11.1. The molecule has 3 nitrogen and oxygen atoms in total. The van der Waals surface area contributed by atoms with Gasteiger partial charge >= 0.3 is 26.2 Å². The molecule has 1 N–H and O–H groups in total. The topological polar surface area (TPSA) is 43.6 Å². The minimum atomic E-state index is 0. The third kappa shape index (κ3) is 12.6. The average molecular weight is 752 g/mol. The van der Waals surface area contributed by atoms with Crippen LogP contribution < -0.4 is 4.74 Å². The molecule has 51 heavy (non-hydrogen) atoms. The summed E-state index contributed by atoms with van der Waals surface area (Å²) in [4.78, 5) is 0. The predicted octanol–water partition coefficient (Wildman–Crippen LogP) is 13.2. The molecule has 4 heteroatoms. The van der Waals surface area contributed by atoms with Crippen LogP contribution in [-0.4, -0.2) is 18.3 Å². The van der Waals surface area contributed by atoms with Gasteiger partial charge in [0.05, 0.1) is 6.61 Å². The second-order valence-electron chi connectivity index (χ2n) is 12.7. The zero-order valence-electron chi connectivity index (χ0n) is 30.4.